The van der Waals surface area contributed by atoms with Crippen molar-refractivity contribution in [3.8, 4) is 0 Å². The summed E-state index contributed by atoms with van der Waals surface area (Å²) >= 11 is 1.96. The molecule has 2 heteroatoms. The molecule has 0 spiro atoms. The molecule has 0 atom stereocenters. The topological polar surface area (TPSA) is 26.0 Å². The Morgan fingerprint density at radius 2 is 1.61 bits per heavy atom. The van der Waals surface area contributed by atoms with Crippen LogP contribution in [0.2, 0.25) is 0 Å². The van der Waals surface area contributed by atoms with Crippen LogP contribution < -0.4 is 5.73 Å². The molecular weight excluding hydrogens is 238 g/mol. The van der Waals surface area contributed by atoms with Crippen LogP contribution in [0, 0.1) is 0 Å². The molecular formula is C16H21NS. The van der Waals surface area contributed by atoms with Crippen molar-refractivity contribution in [1.29, 1.82) is 0 Å². The summed E-state index contributed by atoms with van der Waals surface area (Å²) < 4.78 is 0. The minimum atomic E-state index is 0.831. The highest BCUT2D eigenvalue weighted by molar-refractivity contribution is 7.99. The van der Waals surface area contributed by atoms with Crippen molar-refractivity contribution in [1.82, 2.24) is 0 Å². The predicted molar refractivity (Wildman–Crippen MR) is 82.2 cm³/mol. The lowest BCUT2D eigenvalue weighted by Gasteiger charge is -2.04. The van der Waals surface area contributed by atoms with Gasteiger partial charge in [0.25, 0.3) is 0 Å². The molecule has 2 aromatic rings. The van der Waals surface area contributed by atoms with Crippen molar-refractivity contribution < 1.29 is 0 Å². The number of hydrogen-bond acceptors (Lipinski definition) is 2. The van der Waals surface area contributed by atoms with Gasteiger partial charge in [-0.2, -0.15) is 0 Å². The van der Waals surface area contributed by atoms with E-state index in [0.717, 1.165) is 6.54 Å². The first-order valence-corrected chi connectivity index (χ1v) is 7.70. The molecule has 0 aliphatic carbocycles. The zero-order chi connectivity index (χ0) is 12.6. The highest BCUT2D eigenvalue weighted by Gasteiger charge is 1.97. The second-order valence-corrected chi connectivity index (χ2v) is 5.73. The van der Waals surface area contributed by atoms with Crippen LogP contribution in [0.1, 0.15) is 25.7 Å². The van der Waals surface area contributed by atoms with Crippen LogP contribution in [-0.2, 0) is 0 Å². The van der Waals surface area contributed by atoms with Gasteiger partial charge in [-0.1, -0.05) is 43.2 Å². The van der Waals surface area contributed by atoms with Gasteiger partial charge in [0.15, 0.2) is 0 Å². The molecule has 0 amide bonds. The lowest BCUT2D eigenvalue weighted by molar-refractivity contribution is 0.678. The molecule has 0 bridgehead atoms. The third-order valence-corrected chi connectivity index (χ3v) is 4.17. The van der Waals surface area contributed by atoms with Gasteiger partial charge in [0.05, 0.1) is 0 Å². The van der Waals surface area contributed by atoms with Gasteiger partial charge in [-0.05, 0) is 48.0 Å². The number of hydrogen-bond donors (Lipinski definition) is 1. The smallest absolute Gasteiger partial charge is 0.00783 e. The van der Waals surface area contributed by atoms with Crippen LogP contribution in [0.15, 0.2) is 47.4 Å². The fraction of sp³-hybridized carbons (Fsp3) is 0.375. The predicted octanol–water partition coefficient (Wildman–Crippen LogP) is 4.45. The Kier molecular flexibility index (Phi) is 5.56. The summed E-state index contributed by atoms with van der Waals surface area (Å²) in [7, 11) is 0. The number of thioether (sulfide) groups is 1. The molecule has 0 saturated carbocycles. The molecule has 2 N–H and O–H groups in total. The number of rotatable bonds is 7. The first kappa shape index (κ1) is 13.4. The van der Waals surface area contributed by atoms with E-state index in [-0.39, 0.29) is 0 Å². The maximum absolute atomic E-state index is 5.48. The van der Waals surface area contributed by atoms with Gasteiger partial charge in [-0.15, -0.1) is 11.8 Å². The average molecular weight is 259 g/mol. The quantitative estimate of drug-likeness (QED) is 0.587. The van der Waals surface area contributed by atoms with Crippen LogP contribution in [0.25, 0.3) is 10.8 Å². The number of unbranched alkanes of at least 4 members (excludes halogenated alkanes) is 3. The number of fused-ring (bicyclic) bond motifs is 1. The molecule has 0 heterocycles. The molecule has 2 aromatic carbocycles. The summed E-state index contributed by atoms with van der Waals surface area (Å²) in [5.41, 5.74) is 5.48. The lowest BCUT2D eigenvalue weighted by atomic mass is 10.1. The largest absolute Gasteiger partial charge is 0.330 e. The van der Waals surface area contributed by atoms with Crippen molar-refractivity contribution in [2.24, 2.45) is 5.73 Å². The van der Waals surface area contributed by atoms with E-state index in [0.29, 0.717) is 0 Å². The Hall–Kier alpha value is -0.990. The molecule has 0 unspecified atom stereocenters. The molecule has 0 fully saturated rings. The first-order valence-electron chi connectivity index (χ1n) is 6.72. The average Bonchev–Trinajstić information content (AvgIpc) is 2.42. The maximum atomic E-state index is 5.48. The minimum Gasteiger partial charge on any atom is -0.330 e. The molecule has 0 saturated heterocycles. The molecule has 2 rings (SSSR count). The van der Waals surface area contributed by atoms with E-state index in [9.17, 15) is 0 Å². The highest BCUT2D eigenvalue weighted by atomic mass is 32.2. The second-order valence-electron chi connectivity index (χ2n) is 4.56. The monoisotopic (exact) mass is 259 g/mol. The summed E-state index contributed by atoms with van der Waals surface area (Å²) in [5.74, 6) is 1.21. The van der Waals surface area contributed by atoms with Crippen molar-refractivity contribution in [3.05, 3.63) is 42.5 Å². The zero-order valence-electron chi connectivity index (χ0n) is 10.8. The third kappa shape index (κ3) is 4.04. The minimum absolute atomic E-state index is 0.831. The molecule has 0 aliphatic rings. The van der Waals surface area contributed by atoms with E-state index in [1.165, 1.54) is 47.1 Å². The van der Waals surface area contributed by atoms with Gasteiger partial charge >= 0.3 is 0 Å². The maximum Gasteiger partial charge on any atom is 0.00783 e. The summed E-state index contributed by atoms with van der Waals surface area (Å²) in [6.45, 7) is 0.831. The SMILES string of the molecule is NCCCCCCSc1ccc2ccccc2c1. The standard InChI is InChI=1S/C16H21NS/c17-11-5-1-2-6-12-18-16-10-9-14-7-3-4-8-15(14)13-16/h3-4,7-10,13H,1-2,5-6,11-12,17H2. The van der Waals surface area contributed by atoms with Crippen molar-refractivity contribution in [2.45, 2.75) is 30.6 Å². The summed E-state index contributed by atoms with van der Waals surface area (Å²) in [6, 6.07) is 15.3. The highest BCUT2D eigenvalue weighted by Crippen LogP contribution is 2.24. The summed E-state index contributed by atoms with van der Waals surface area (Å²) in [4.78, 5) is 1.38. The molecule has 18 heavy (non-hydrogen) atoms. The van der Waals surface area contributed by atoms with Crippen LogP contribution in [0.5, 0.6) is 0 Å². The second kappa shape index (κ2) is 7.45. The van der Waals surface area contributed by atoms with Gasteiger partial charge in [-0.25, -0.2) is 0 Å². The van der Waals surface area contributed by atoms with E-state index in [2.05, 4.69) is 42.5 Å². The Morgan fingerprint density at radius 3 is 2.44 bits per heavy atom. The Morgan fingerprint density at radius 1 is 0.833 bits per heavy atom. The fourth-order valence-electron chi connectivity index (χ4n) is 2.05. The van der Waals surface area contributed by atoms with Crippen LogP contribution in [-0.4, -0.2) is 12.3 Å². The lowest BCUT2D eigenvalue weighted by Crippen LogP contribution is -1.97. The van der Waals surface area contributed by atoms with Crippen molar-refractivity contribution >= 4 is 22.5 Å². The van der Waals surface area contributed by atoms with Crippen molar-refractivity contribution in [3.63, 3.8) is 0 Å². The van der Waals surface area contributed by atoms with Crippen LogP contribution in [0.3, 0.4) is 0 Å². The van der Waals surface area contributed by atoms with Gasteiger partial charge in [0, 0.05) is 4.90 Å². The van der Waals surface area contributed by atoms with Crippen molar-refractivity contribution in [2.75, 3.05) is 12.3 Å². The molecule has 0 aliphatic heterocycles. The van der Waals surface area contributed by atoms with Gasteiger partial charge in [0.2, 0.25) is 0 Å². The Balaban J connectivity index is 1.81. The molecule has 96 valence electrons. The Bertz CT molecular complexity index is 481. The normalized spacial score (nSPS) is 10.9. The van der Waals surface area contributed by atoms with E-state index in [1.54, 1.807) is 0 Å². The number of benzene rings is 2. The van der Waals surface area contributed by atoms with E-state index in [4.69, 9.17) is 5.73 Å². The van der Waals surface area contributed by atoms with Gasteiger partial charge in [-0.3, -0.25) is 0 Å². The Labute approximate surface area is 114 Å². The summed E-state index contributed by atoms with van der Waals surface area (Å²) in [6.07, 6.45) is 5.03. The number of nitrogens with two attached hydrogens (primary N) is 1. The fourth-order valence-corrected chi connectivity index (χ4v) is 3.01. The first-order chi connectivity index (χ1) is 8.90. The molecule has 0 radical (unpaired) electrons. The zero-order valence-corrected chi connectivity index (χ0v) is 11.6. The molecule has 1 nitrogen and oxygen atoms in total. The van der Waals surface area contributed by atoms with E-state index in [1.807, 2.05) is 11.8 Å². The van der Waals surface area contributed by atoms with E-state index >= 15 is 0 Å². The van der Waals surface area contributed by atoms with Gasteiger partial charge in [0.1, 0.15) is 0 Å². The van der Waals surface area contributed by atoms with Crippen LogP contribution >= 0.6 is 11.8 Å². The van der Waals surface area contributed by atoms with Crippen LogP contribution in [0.4, 0.5) is 0 Å². The van der Waals surface area contributed by atoms with Gasteiger partial charge < -0.3 is 5.73 Å². The molecule has 0 aromatic heterocycles. The van der Waals surface area contributed by atoms with E-state index < -0.39 is 0 Å². The third-order valence-electron chi connectivity index (χ3n) is 3.09. The summed E-state index contributed by atoms with van der Waals surface area (Å²) in [5, 5.41) is 2.66.